The van der Waals surface area contributed by atoms with Crippen LogP contribution in [-0.4, -0.2) is 29.3 Å². The van der Waals surface area contributed by atoms with E-state index in [4.69, 9.17) is 4.74 Å². The average molecular weight is 275 g/mol. The van der Waals surface area contributed by atoms with E-state index in [0.717, 1.165) is 23.2 Å². The summed E-state index contributed by atoms with van der Waals surface area (Å²) in [7, 11) is 1.64. The predicted octanol–water partition coefficient (Wildman–Crippen LogP) is 2.21. The zero-order valence-corrected chi connectivity index (χ0v) is 12.2. The number of methoxy groups -OCH3 is 1. The van der Waals surface area contributed by atoms with E-state index in [0.29, 0.717) is 18.9 Å². The van der Waals surface area contributed by atoms with E-state index < -0.39 is 0 Å². The standard InChI is InChI=1S/C15H21N3O2/c1-11(2)9-16-15(19)6-7-18-14-5-4-13(20-3)8-12(14)10-17-18/h4-5,8,10-11H,6-7,9H2,1-3H3,(H,16,19). The fourth-order valence-electron chi connectivity index (χ4n) is 1.98. The Bertz CT molecular complexity index is 590. The van der Waals surface area contributed by atoms with E-state index in [1.54, 1.807) is 13.3 Å². The Morgan fingerprint density at radius 1 is 1.45 bits per heavy atom. The number of amides is 1. The minimum Gasteiger partial charge on any atom is -0.497 e. The number of nitrogens with zero attached hydrogens (tertiary/aromatic N) is 2. The number of hydrogen-bond donors (Lipinski definition) is 1. The molecule has 0 aliphatic rings. The first-order valence-corrected chi connectivity index (χ1v) is 6.86. The zero-order valence-electron chi connectivity index (χ0n) is 12.2. The maximum absolute atomic E-state index is 11.7. The van der Waals surface area contributed by atoms with Crippen LogP contribution in [0.5, 0.6) is 5.75 Å². The van der Waals surface area contributed by atoms with Crippen LogP contribution in [0.2, 0.25) is 0 Å². The van der Waals surface area contributed by atoms with Crippen molar-refractivity contribution in [2.45, 2.75) is 26.8 Å². The minimum atomic E-state index is 0.0656. The predicted molar refractivity (Wildman–Crippen MR) is 78.7 cm³/mol. The SMILES string of the molecule is COc1ccc2c(cnn2CCC(=O)NCC(C)C)c1. The molecule has 1 aromatic heterocycles. The van der Waals surface area contributed by atoms with E-state index in [1.165, 1.54) is 0 Å². The zero-order chi connectivity index (χ0) is 14.5. The second-order valence-corrected chi connectivity index (χ2v) is 5.24. The van der Waals surface area contributed by atoms with Crippen LogP contribution < -0.4 is 10.1 Å². The molecule has 5 heteroatoms. The highest BCUT2D eigenvalue weighted by molar-refractivity contribution is 5.80. The van der Waals surface area contributed by atoms with Crippen molar-refractivity contribution in [2.24, 2.45) is 5.92 Å². The Kier molecular flexibility index (Phi) is 4.61. The second-order valence-electron chi connectivity index (χ2n) is 5.24. The van der Waals surface area contributed by atoms with Crippen LogP contribution in [0.3, 0.4) is 0 Å². The molecule has 0 aliphatic carbocycles. The average Bonchev–Trinajstić information content (AvgIpc) is 2.84. The molecule has 0 aliphatic heterocycles. The van der Waals surface area contributed by atoms with Gasteiger partial charge in [-0.25, -0.2) is 0 Å². The lowest BCUT2D eigenvalue weighted by Crippen LogP contribution is -2.28. The highest BCUT2D eigenvalue weighted by Gasteiger charge is 2.07. The lowest BCUT2D eigenvalue weighted by molar-refractivity contribution is -0.121. The van der Waals surface area contributed by atoms with Crippen molar-refractivity contribution >= 4 is 16.8 Å². The number of carbonyl (C=O) groups is 1. The monoisotopic (exact) mass is 275 g/mol. The topological polar surface area (TPSA) is 56.2 Å². The summed E-state index contributed by atoms with van der Waals surface area (Å²) in [6, 6.07) is 5.81. The normalized spacial score (nSPS) is 11.0. The maximum Gasteiger partial charge on any atom is 0.221 e. The molecule has 20 heavy (non-hydrogen) atoms. The van der Waals surface area contributed by atoms with Crippen LogP contribution in [0.1, 0.15) is 20.3 Å². The smallest absolute Gasteiger partial charge is 0.221 e. The molecule has 5 nitrogen and oxygen atoms in total. The van der Waals surface area contributed by atoms with Crippen molar-refractivity contribution in [1.29, 1.82) is 0 Å². The Balaban J connectivity index is 1.98. The highest BCUT2D eigenvalue weighted by Crippen LogP contribution is 2.20. The molecule has 0 atom stereocenters. The van der Waals surface area contributed by atoms with E-state index in [9.17, 15) is 4.79 Å². The van der Waals surface area contributed by atoms with Gasteiger partial charge in [0.2, 0.25) is 5.91 Å². The Labute approximate surface area is 118 Å². The molecule has 0 bridgehead atoms. The Morgan fingerprint density at radius 3 is 2.95 bits per heavy atom. The van der Waals surface area contributed by atoms with Gasteiger partial charge in [-0.2, -0.15) is 5.10 Å². The van der Waals surface area contributed by atoms with Crippen LogP contribution in [0.4, 0.5) is 0 Å². The number of aryl methyl sites for hydroxylation is 1. The molecule has 1 heterocycles. The molecule has 0 spiro atoms. The van der Waals surface area contributed by atoms with Crippen molar-refractivity contribution < 1.29 is 9.53 Å². The van der Waals surface area contributed by atoms with Crippen LogP contribution in [0, 0.1) is 5.92 Å². The molecule has 0 saturated carbocycles. The first-order chi connectivity index (χ1) is 9.60. The van der Waals surface area contributed by atoms with Gasteiger partial charge in [-0.1, -0.05) is 13.8 Å². The third kappa shape index (κ3) is 3.50. The van der Waals surface area contributed by atoms with Gasteiger partial charge in [0.05, 0.1) is 25.4 Å². The number of fused-ring (bicyclic) bond motifs is 1. The molecule has 0 radical (unpaired) electrons. The summed E-state index contributed by atoms with van der Waals surface area (Å²) in [5.74, 6) is 1.35. The van der Waals surface area contributed by atoms with Crippen molar-refractivity contribution in [3.05, 3.63) is 24.4 Å². The summed E-state index contributed by atoms with van der Waals surface area (Å²) < 4.78 is 7.03. The van der Waals surface area contributed by atoms with Gasteiger partial charge in [0.15, 0.2) is 0 Å². The van der Waals surface area contributed by atoms with Gasteiger partial charge in [0, 0.05) is 18.4 Å². The molecule has 1 aromatic carbocycles. The molecule has 1 amide bonds. The van der Waals surface area contributed by atoms with E-state index >= 15 is 0 Å². The van der Waals surface area contributed by atoms with Crippen LogP contribution in [-0.2, 0) is 11.3 Å². The Hall–Kier alpha value is -2.04. The number of aromatic nitrogens is 2. The summed E-state index contributed by atoms with van der Waals surface area (Å²) in [5.41, 5.74) is 1.02. The summed E-state index contributed by atoms with van der Waals surface area (Å²) in [5, 5.41) is 8.25. The quantitative estimate of drug-likeness (QED) is 0.879. The van der Waals surface area contributed by atoms with Crippen LogP contribution in [0.15, 0.2) is 24.4 Å². The van der Waals surface area contributed by atoms with Crippen molar-refractivity contribution in [2.75, 3.05) is 13.7 Å². The summed E-state index contributed by atoms with van der Waals surface area (Å²) in [6.45, 7) is 5.46. The van der Waals surface area contributed by atoms with E-state index in [1.807, 2.05) is 22.9 Å². The molecular weight excluding hydrogens is 254 g/mol. The van der Waals surface area contributed by atoms with Gasteiger partial charge in [-0.05, 0) is 24.1 Å². The molecule has 0 saturated heterocycles. The van der Waals surface area contributed by atoms with E-state index in [2.05, 4.69) is 24.3 Å². The molecular formula is C15H21N3O2. The number of carbonyl (C=O) groups excluding carboxylic acids is 1. The number of hydrogen-bond acceptors (Lipinski definition) is 3. The summed E-state index contributed by atoms with van der Waals surface area (Å²) in [6.07, 6.45) is 2.24. The van der Waals surface area contributed by atoms with E-state index in [-0.39, 0.29) is 5.91 Å². The van der Waals surface area contributed by atoms with Gasteiger partial charge in [0.1, 0.15) is 5.75 Å². The first kappa shape index (κ1) is 14.4. The molecule has 2 aromatic rings. The van der Waals surface area contributed by atoms with Crippen molar-refractivity contribution in [3.8, 4) is 5.75 Å². The van der Waals surface area contributed by atoms with Crippen LogP contribution in [0.25, 0.3) is 10.9 Å². The van der Waals surface area contributed by atoms with Gasteiger partial charge in [-0.3, -0.25) is 9.48 Å². The molecule has 2 rings (SSSR count). The lowest BCUT2D eigenvalue weighted by Gasteiger charge is -2.08. The number of nitrogens with one attached hydrogen (secondary N) is 1. The Morgan fingerprint density at radius 2 is 2.25 bits per heavy atom. The fraction of sp³-hybridized carbons (Fsp3) is 0.467. The fourth-order valence-corrected chi connectivity index (χ4v) is 1.98. The lowest BCUT2D eigenvalue weighted by atomic mass is 10.2. The minimum absolute atomic E-state index is 0.0656. The van der Waals surface area contributed by atoms with Gasteiger partial charge in [-0.15, -0.1) is 0 Å². The molecule has 0 unspecified atom stereocenters. The number of ether oxygens (including phenoxy) is 1. The molecule has 0 fully saturated rings. The highest BCUT2D eigenvalue weighted by atomic mass is 16.5. The van der Waals surface area contributed by atoms with Gasteiger partial charge in [0.25, 0.3) is 0 Å². The number of rotatable bonds is 6. The van der Waals surface area contributed by atoms with Crippen LogP contribution >= 0.6 is 0 Å². The summed E-state index contributed by atoms with van der Waals surface area (Å²) in [4.78, 5) is 11.7. The third-order valence-electron chi connectivity index (χ3n) is 3.11. The van der Waals surface area contributed by atoms with Gasteiger partial charge >= 0.3 is 0 Å². The maximum atomic E-state index is 11.7. The summed E-state index contributed by atoms with van der Waals surface area (Å²) >= 11 is 0. The first-order valence-electron chi connectivity index (χ1n) is 6.86. The molecule has 1 N–H and O–H groups in total. The number of benzene rings is 1. The molecule has 108 valence electrons. The van der Waals surface area contributed by atoms with Crippen molar-refractivity contribution in [1.82, 2.24) is 15.1 Å². The second kappa shape index (κ2) is 6.41. The van der Waals surface area contributed by atoms with Crippen molar-refractivity contribution in [3.63, 3.8) is 0 Å². The largest absolute Gasteiger partial charge is 0.497 e. The van der Waals surface area contributed by atoms with Gasteiger partial charge < -0.3 is 10.1 Å². The third-order valence-corrected chi connectivity index (χ3v) is 3.11.